The Labute approximate surface area is 163 Å². The predicted molar refractivity (Wildman–Crippen MR) is 100 cm³/mol. The Kier molecular flexibility index (Phi) is 5.53. The average molecular weight is 441 g/mol. The molecule has 2 aliphatic heterocycles. The van der Waals surface area contributed by atoms with E-state index in [0.29, 0.717) is 6.42 Å². The van der Waals surface area contributed by atoms with Crippen molar-refractivity contribution in [3.05, 3.63) is 28.8 Å². The molecule has 1 aromatic carbocycles. The van der Waals surface area contributed by atoms with Crippen molar-refractivity contribution >= 4 is 50.0 Å². The highest BCUT2D eigenvalue weighted by Crippen LogP contribution is 2.44. The van der Waals surface area contributed by atoms with Gasteiger partial charge in [0.2, 0.25) is 5.91 Å². The van der Waals surface area contributed by atoms with E-state index < -0.39 is 38.8 Å². The number of nitrogens with zero attached hydrogens (tertiary/aromatic N) is 2. The minimum atomic E-state index is -4.58. The monoisotopic (exact) mass is 440 g/mol. The molecule has 148 valence electrons. The molecule has 11 heteroatoms. The molecule has 0 radical (unpaired) electrons. The van der Waals surface area contributed by atoms with Gasteiger partial charge in [-0.3, -0.25) is 4.79 Å². The minimum absolute atomic E-state index is 0.00615. The molecule has 0 aromatic heterocycles. The first-order valence-corrected chi connectivity index (χ1v) is 11.2. The third kappa shape index (κ3) is 4.27. The van der Waals surface area contributed by atoms with Crippen molar-refractivity contribution in [1.29, 1.82) is 0 Å². The molecule has 2 fully saturated rings. The van der Waals surface area contributed by atoms with Crippen molar-refractivity contribution < 1.29 is 26.4 Å². The van der Waals surface area contributed by atoms with Gasteiger partial charge in [-0.2, -0.15) is 18.2 Å². The van der Waals surface area contributed by atoms with Gasteiger partial charge in [-0.05, 0) is 24.6 Å². The number of amidine groups is 1. The summed E-state index contributed by atoms with van der Waals surface area (Å²) in [7, 11) is -3.33. The lowest BCUT2D eigenvalue weighted by Crippen LogP contribution is -2.38. The Bertz CT molecular complexity index is 903. The summed E-state index contributed by atoms with van der Waals surface area (Å²) in [6.45, 7) is 1.81. The zero-order valence-electron chi connectivity index (χ0n) is 14.2. The van der Waals surface area contributed by atoms with Gasteiger partial charge in [-0.15, -0.1) is 0 Å². The number of anilines is 1. The molecule has 0 saturated carbocycles. The van der Waals surface area contributed by atoms with Crippen molar-refractivity contribution in [1.82, 2.24) is 0 Å². The molecule has 2 heterocycles. The second-order valence-corrected chi connectivity index (χ2v) is 10.1. The summed E-state index contributed by atoms with van der Waals surface area (Å²) in [4.78, 5) is 17.4. The summed E-state index contributed by atoms with van der Waals surface area (Å²) >= 11 is 7.24. The SMILES string of the molecule is CCCC(=O)N=C1S[C@@H]2CS(=O)(=O)C[C@H]2N1c1cc(C(F)(F)F)ccc1Cl. The van der Waals surface area contributed by atoms with Gasteiger partial charge in [-0.25, -0.2) is 8.42 Å². The van der Waals surface area contributed by atoms with Crippen LogP contribution in [0.4, 0.5) is 18.9 Å². The van der Waals surface area contributed by atoms with Gasteiger partial charge in [0, 0.05) is 11.7 Å². The van der Waals surface area contributed by atoms with E-state index in [1.165, 1.54) is 4.90 Å². The number of halogens is 4. The second kappa shape index (κ2) is 7.29. The molecule has 2 aliphatic rings. The molecule has 0 bridgehead atoms. The van der Waals surface area contributed by atoms with Crippen LogP contribution in [0.5, 0.6) is 0 Å². The standard InChI is InChI=1S/C16H16ClF3N2O3S2/c1-2-3-14(23)21-15-22(12-7-27(24,25)8-13(12)26-15)11-6-9(16(18,19)20)4-5-10(11)17/h4-6,12-13H,2-3,7-8H2,1H3/t12-,13-/m1/s1. The summed E-state index contributed by atoms with van der Waals surface area (Å²) < 4.78 is 63.4. The molecule has 0 unspecified atom stereocenters. The molecular weight excluding hydrogens is 425 g/mol. The van der Waals surface area contributed by atoms with Crippen molar-refractivity contribution in [2.24, 2.45) is 4.99 Å². The number of carbonyl (C=O) groups excluding carboxylic acids is 1. The summed E-state index contributed by atoms with van der Waals surface area (Å²) in [5.41, 5.74) is -0.901. The Hall–Kier alpha value is -1.26. The van der Waals surface area contributed by atoms with Gasteiger partial charge in [0.1, 0.15) is 0 Å². The van der Waals surface area contributed by atoms with Gasteiger partial charge >= 0.3 is 6.18 Å². The topological polar surface area (TPSA) is 66.8 Å². The third-order valence-corrected chi connectivity index (χ3v) is 7.81. The highest BCUT2D eigenvalue weighted by molar-refractivity contribution is 8.16. The van der Waals surface area contributed by atoms with Crippen LogP contribution in [0.2, 0.25) is 5.02 Å². The minimum Gasteiger partial charge on any atom is -0.314 e. The zero-order chi connectivity index (χ0) is 20.0. The number of alkyl halides is 3. The number of fused-ring (bicyclic) bond motifs is 1. The Balaban J connectivity index is 2.09. The van der Waals surface area contributed by atoms with Gasteiger partial charge in [0.05, 0.1) is 33.8 Å². The molecule has 2 saturated heterocycles. The number of carbonyl (C=O) groups is 1. The first kappa shape index (κ1) is 20.5. The van der Waals surface area contributed by atoms with Crippen LogP contribution in [-0.2, 0) is 20.8 Å². The summed E-state index contributed by atoms with van der Waals surface area (Å²) in [5.74, 6) is -0.745. The molecule has 1 amide bonds. The molecule has 2 atom stereocenters. The van der Waals surface area contributed by atoms with Gasteiger partial charge in [0.15, 0.2) is 15.0 Å². The van der Waals surface area contributed by atoms with Crippen LogP contribution >= 0.6 is 23.4 Å². The highest BCUT2D eigenvalue weighted by atomic mass is 35.5. The molecule has 1 aromatic rings. The fraction of sp³-hybridized carbons (Fsp3) is 0.500. The molecule has 0 aliphatic carbocycles. The number of rotatable bonds is 3. The van der Waals surface area contributed by atoms with E-state index in [2.05, 4.69) is 4.99 Å². The Morgan fingerprint density at radius 2 is 2.07 bits per heavy atom. The van der Waals surface area contributed by atoms with E-state index in [9.17, 15) is 26.4 Å². The first-order valence-electron chi connectivity index (χ1n) is 8.16. The molecule has 3 rings (SSSR count). The van der Waals surface area contributed by atoms with E-state index in [0.717, 1.165) is 30.0 Å². The smallest absolute Gasteiger partial charge is 0.314 e. The molecule has 5 nitrogen and oxygen atoms in total. The lowest BCUT2D eigenvalue weighted by molar-refractivity contribution is -0.137. The molecule has 0 spiro atoms. The fourth-order valence-corrected chi connectivity index (χ4v) is 7.23. The lowest BCUT2D eigenvalue weighted by atomic mass is 10.1. The van der Waals surface area contributed by atoms with Crippen molar-refractivity contribution in [2.45, 2.75) is 37.2 Å². The predicted octanol–water partition coefficient (Wildman–Crippen LogP) is 3.76. The van der Waals surface area contributed by atoms with Crippen LogP contribution < -0.4 is 4.90 Å². The van der Waals surface area contributed by atoms with E-state index in [1.807, 2.05) is 6.92 Å². The lowest BCUT2D eigenvalue weighted by Gasteiger charge is -2.26. The molecule has 0 N–H and O–H groups in total. The maximum absolute atomic E-state index is 13.1. The number of hydrogen-bond donors (Lipinski definition) is 0. The van der Waals surface area contributed by atoms with E-state index >= 15 is 0 Å². The summed E-state index contributed by atoms with van der Waals surface area (Å²) in [6, 6.07) is 2.23. The van der Waals surface area contributed by atoms with Gasteiger partial charge in [0.25, 0.3) is 0 Å². The summed E-state index contributed by atoms with van der Waals surface area (Å²) in [5, 5.41) is -0.183. The van der Waals surface area contributed by atoms with Crippen LogP contribution in [-0.4, -0.2) is 42.3 Å². The highest BCUT2D eigenvalue weighted by Gasteiger charge is 2.50. The fourth-order valence-electron chi connectivity index (χ4n) is 3.10. The van der Waals surface area contributed by atoms with Gasteiger partial charge in [-0.1, -0.05) is 30.3 Å². The molecular formula is C16H16ClF3N2O3S2. The number of thioether (sulfide) groups is 1. The number of amides is 1. The second-order valence-electron chi connectivity index (χ2n) is 6.37. The Morgan fingerprint density at radius 3 is 2.70 bits per heavy atom. The number of sulfone groups is 1. The van der Waals surface area contributed by atoms with Crippen LogP contribution in [0.25, 0.3) is 0 Å². The Morgan fingerprint density at radius 1 is 1.37 bits per heavy atom. The zero-order valence-corrected chi connectivity index (χ0v) is 16.6. The first-order chi connectivity index (χ1) is 12.5. The van der Waals surface area contributed by atoms with Crippen LogP contribution in [0.1, 0.15) is 25.3 Å². The quantitative estimate of drug-likeness (QED) is 0.716. The third-order valence-electron chi connectivity index (χ3n) is 4.28. The number of benzene rings is 1. The molecule has 27 heavy (non-hydrogen) atoms. The maximum atomic E-state index is 13.1. The maximum Gasteiger partial charge on any atom is 0.416 e. The van der Waals surface area contributed by atoms with Crippen molar-refractivity contribution in [2.75, 3.05) is 16.4 Å². The average Bonchev–Trinajstić information content (AvgIpc) is 2.98. The van der Waals surface area contributed by atoms with Crippen LogP contribution in [0.3, 0.4) is 0 Å². The largest absolute Gasteiger partial charge is 0.416 e. The van der Waals surface area contributed by atoms with Crippen LogP contribution in [0, 0.1) is 0 Å². The van der Waals surface area contributed by atoms with Crippen molar-refractivity contribution in [3.63, 3.8) is 0 Å². The summed E-state index contributed by atoms with van der Waals surface area (Å²) in [6.07, 6.45) is -3.81. The van der Waals surface area contributed by atoms with Gasteiger partial charge < -0.3 is 4.90 Å². The van der Waals surface area contributed by atoms with E-state index in [-0.39, 0.29) is 33.8 Å². The number of aliphatic imine (C=N–C) groups is 1. The van der Waals surface area contributed by atoms with Crippen molar-refractivity contribution in [3.8, 4) is 0 Å². The normalized spacial score (nSPS) is 25.8. The van der Waals surface area contributed by atoms with E-state index in [1.54, 1.807) is 0 Å². The van der Waals surface area contributed by atoms with E-state index in [4.69, 9.17) is 11.6 Å². The number of hydrogen-bond acceptors (Lipinski definition) is 4. The van der Waals surface area contributed by atoms with Crippen LogP contribution in [0.15, 0.2) is 23.2 Å².